The molecule has 2 heterocycles. The third kappa shape index (κ3) is 5.25. The summed E-state index contributed by atoms with van der Waals surface area (Å²) >= 11 is 12.0. The van der Waals surface area contributed by atoms with Crippen LogP contribution in [-0.2, 0) is 17.9 Å². The average Bonchev–Trinajstić information content (AvgIpc) is 3.17. The summed E-state index contributed by atoms with van der Waals surface area (Å²) in [4.78, 5) is 18.8. The summed E-state index contributed by atoms with van der Waals surface area (Å²) in [6, 6.07) is 12.2. The maximum Gasteiger partial charge on any atom is 0.264 e. The molecule has 0 saturated carbocycles. The zero-order valence-electron chi connectivity index (χ0n) is 14.6. The van der Waals surface area contributed by atoms with Gasteiger partial charge in [0.2, 0.25) is 0 Å². The molecule has 1 unspecified atom stereocenters. The van der Waals surface area contributed by atoms with Crippen LogP contribution in [-0.4, -0.2) is 21.9 Å². The molecule has 0 aliphatic heterocycles. The first-order valence-corrected chi connectivity index (χ1v) is 9.10. The van der Waals surface area contributed by atoms with E-state index < -0.39 is 6.10 Å². The summed E-state index contributed by atoms with van der Waals surface area (Å²) in [6.07, 6.45) is 4.26. The number of ether oxygens (including phenoxy) is 1. The standard InChI is InChI=1S/C20H18Cl2N2O3/c1-14(27-19-7-6-16(21)10-18(19)22)20(25)24(13-17-5-3-9-26-17)12-15-4-2-8-23-11-15/h2-11,14H,12-13H2,1H3. The van der Waals surface area contributed by atoms with Crippen molar-refractivity contribution in [2.75, 3.05) is 0 Å². The Kier molecular flexibility index (Phi) is 6.37. The van der Waals surface area contributed by atoms with Gasteiger partial charge in [-0.15, -0.1) is 0 Å². The van der Waals surface area contributed by atoms with E-state index in [1.165, 1.54) is 0 Å². The molecule has 7 heteroatoms. The number of nitrogens with zero attached hydrogens (tertiary/aromatic N) is 2. The summed E-state index contributed by atoms with van der Waals surface area (Å²) in [6.45, 7) is 2.39. The van der Waals surface area contributed by atoms with Crippen molar-refractivity contribution in [1.82, 2.24) is 9.88 Å². The zero-order valence-corrected chi connectivity index (χ0v) is 16.2. The number of hydrogen-bond donors (Lipinski definition) is 0. The van der Waals surface area contributed by atoms with Crippen LogP contribution in [0.1, 0.15) is 18.2 Å². The lowest BCUT2D eigenvalue weighted by atomic mass is 10.2. The average molecular weight is 405 g/mol. The van der Waals surface area contributed by atoms with Crippen LogP contribution in [0.2, 0.25) is 10.0 Å². The Bertz CT molecular complexity index is 886. The van der Waals surface area contributed by atoms with Gasteiger partial charge in [0.25, 0.3) is 5.91 Å². The fourth-order valence-corrected chi connectivity index (χ4v) is 3.04. The number of carbonyl (C=O) groups is 1. The Morgan fingerprint density at radius 2 is 2.07 bits per heavy atom. The third-order valence-corrected chi connectivity index (χ3v) is 4.41. The van der Waals surface area contributed by atoms with Gasteiger partial charge >= 0.3 is 0 Å². The van der Waals surface area contributed by atoms with Crippen molar-refractivity contribution >= 4 is 29.1 Å². The van der Waals surface area contributed by atoms with Gasteiger partial charge in [0.15, 0.2) is 6.10 Å². The molecule has 0 radical (unpaired) electrons. The lowest BCUT2D eigenvalue weighted by molar-refractivity contribution is -0.139. The molecule has 1 aromatic carbocycles. The molecule has 1 atom stereocenters. The summed E-state index contributed by atoms with van der Waals surface area (Å²) < 4.78 is 11.2. The molecular weight excluding hydrogens is 387 g/mol. The highest BCUT2D eigenvalue weighted by atomic mass is 35.5. The molecular formula is C20H18Cl2N2O3. The second kappa shape index (κ2) is 8.93. The maximum absolute atomic E-state index is 13.0. The third-order valence-electron chi connectivity index (χ3n) is 3.88. The van der Waals surface area contributed by atoms with Gasteiger partial charge < -0.3 is 14.1 Å². The molecule has 0 aliphatic carbocycles. The fourth-order valence-electron chi connectivity index (χ4n) is 2.58. The van der Waals surface area contributed by atoms with E-state index in [2.05, 4.69) is 4.98 Å². The van der Waals surface area contributed by atoms with Crippen molar-refractivity contribution in [2.45, 2.75) is 26.1 Å². The van der Waals surface area contributed by atoms with Gasteiger partial charge in [-0.05, 0) is 48.9 Å². The van der Waals surface area contributed by atoms with Crippen LogP contribution in [0, 0.1) is 0 Å². The number of amides is 1. The molecule has 0 bridgehead atoms. The van der Waals surface area contributed by atoms with E-state index in [0.717, 1.165) is 5.56 Å². The molecule has 3 rings (SSSR count). The minimum Gasteiger partial charge on any atom is -0.479 e. The number of carbonyl (C=O) groups excluding carboxylic acids is 1. The zero-order chi connectivity index (χ0) is 19.2. The molecule has 140 valence electrons. The first-order chi connectivity index (χ1) is 13.0. The molecule has 27 heavy (non-hydrogen) atoms. The number of aromatic nitrogens is 1. The number of pyridine rings is 1. The van der Waals surface area contributed by atoms with Crippen molar-refractivity contribution < 1.29 is 13.9 Å². The van der Waals surface area contributed by atoms with Crippen molar-refractivity contribution in [1.29, 1.82) is 0 Å². The van der Waals surface area contributed by atoms with Crippen LogP contribution in [0.15, 0.2) is 65.5 Å². The monoisotopic (exact) mass is 404 g/mol. The van der Waals surface area contributed by atoms with Crippen LogP contribution < -0.4 is 4.74 Å². The van der Waals surface area contributed by atoms with E-state index in [1.54, 1.807) is 54.7 Å². The molecule has 3 aromatic rings. The minimum absolute atomic E-state index is 0.193. The topological polar surface area (TPSA) is 55.6 Å². The summed E-state index contributed by atoms with van der Waals surface area (Å²) in [5, 5.41) is 0.856. The lowest BCUT2D eigenvalue weighted by Crippen LogP contribution is -2.39. The normalized spacial score (nSPS) is 11.8. The molecule has 2 aromatic heterocycles. The largest absolute Gasteiger partial charge is 0.479 e. The molecule has 5 nitrogen and oxygen atoms in total. The molecule has 0 fully saturated rings. The number of furan rings is 1. The van der Waals surface area contributed by atoms with E-state index in [1.807, 2.05) is 18.2 Å². The Morgan fingerprint density at radius 3 is 2.74 bits per heavy atom. The predicted octanol–water partition coefficient (Wildman–Crippen LogP) is 4.98. The van der Waals surface area contributed by atoms with E-state index >= 15 is 0 Å². The van der Waals surface area contributed by atoms with Crippen molar-refractivity contribution in [2.24, 2.45) is 0 Å². The quantitative estimate of drug-likeness (QED) is 0.557. The Morgan fingerprint density at radius 1 is 1.22 bits per heavy atom. The summed E-state index contributed by atoms with van der Waals surface area (Å²) in [7, 11) is 0. The van der Waals surface area contributed by atoms with Gasteiger partial charge in [0.1, 0.15) is 11.5 Å². The lowest BCUT2D eigenvalue weighted by Gasteiger charge is -2.25. The van der Waals surface area contributed by atoms with Gasteiger partial charge in [0.05, 0.1) is 17.8 Å². The highest BCUT2D eigenvalue weighted by Crippen LogP contribution is 2.28. The van der Waals surface area contributed by atoms with E-state index in [9.17, 15) is 4.79 Å². The number of halogens is 2. The van der Waals surface area contributed by atoms with Gasteiger partial charge in [0, 0.05) is 24.0 Å². The second-order valence-electron chi connectivity index (χ2n) is 5.97. The first-order valence-electron chi connectivity index (χ1n) is 8.34. The predicted molar refractivity (Wildman–Crippen MR) is 104 cm³/mol. The molecule has 1 amide bonds. The smallest absolute Gasteiger partial charge is 0.264 e. The van der Waals surface area contributed by atoms with Gasteiger partial charge in [-0.25, -0.2) is 0 Å². The van der Waals surface area contributed by atoms with Crippen LogP contribution in [0.25, 0.3) is 0 Å². The SMILES string of the molecule is CC(Oc1ccc(Cl)cc1Cl)C(=O)N(Cc1cccnc1)Cc1ccco1. The molecule has 0 spiro atoms. The molecule has 0 saturated heterocycles. The van der Waals surface area contributed by atoms with Crippen LogP contribution in [0.4, 0.5) is 0 Å². The summed E-state index contributed by atoms with van der Waals surface area (Å²) in [5.41, 5.74) is 0.911. The van der Waals surface area contributed by atoms with E-state index in [4.69, 9.17) is 32.4 Å². The Hall–Kier alpha value is -2.50. The van der Waals surface area contributed by atoms with Crippen LogP contribution in [0.5, 0.6) is 5.75 Å². The molecule has 0 aliphatic rings. The van der Waals surface area contributed by atoms with Crippen molar-refractivity contribution in [3.63, 3.8) is 0 Å². The minimum atomic E-state index is -0.740. The van der Waals surface area contributed by atoms with Gasteiger partial charge in [-0.3, -0.25) is 9.78 Å². The Labute approximate surface area is 167 Å². The van der Waals surface area contributed by atoms with Crippen LogP contribution in [0.3, 0.4) is 0 Å². The van der Waals surface area contributed by atoms with Gasteiger partial charge in [-0.1, -0.05) is 29.3 Å². The number of hydrogen-bond acceptors (Lipinski definition) is 4. The van der Waals surface area contributed by atoms with Crippen LogP contribution >= 0.6 is 23.2 Å². The van der Waals surface area contributed by atoms with Crippen molar-refractivity contribution in [3.05, 3.63) is 82.5 Å². The fraction of sp³-hybridized carbons (Fsp3) is 0.200. The summed E-state index contributed by atoms with van der Waals surface area (Å²) in [5.74, 6) is 0.895. The first kappa shape index (κ1) is 19.3. The number of rotatable bonds is 7. The van der Waals surface area contributed by atoms with E-state index in [-0.39, 0.29) is 5.91 Å². The Balaban J connectivity index is 1.76. The van der Waals surface area contributed by atoms with Gasteiger partial charge in [-0.2, -0.15) is 0 Å². The highest BCUT2D eigenvalue weighted by molar-refractivity contribution is 6.35. The van der Waals surface area contributed by atoms with Crippen molar-refractivity contribution in [3.8, 4) is 5.75 Å². The van der Waals surface area contributed by atoms with E-state index in [0.29, 0.717) is 34.6 Å². The molecule has 0 N–H and O–H groups in total. The number of benzene rings is 1. The maximum atomic E-state index is 13.0. The second-order valence-corrected chi connectivity index (χ2v) is 6.81. The highest BCUT2D eigenvalue weighted by Gasteiger charge is 2.24.